The molecule has 0 amide bonds. The quantitative estimate of drug-likeness (QED) is 0.618. The van der Waals surface area contributed by atoms with Gasteiger partial charge in [-0.05, 0) is 12.0 Å². The van der Waals surface area contributed by atoms with Gasteiger partial charge in [-0.1, -0.05) is 27.7 Å². The molecule has 1 rings (SSSR count). The Bertz CT molecular complexity index is 170. The zero-order valence-electron chi connectivity index (χ0n) is 7.70. The lowest BCUT2D eigenvalue weighted by molar-refractivity contribution is 0.814. The van der Waals surface area contributed by atoms with E-state index in [4.69, 9.17) is 0 Å². The monoisotopic (exact) mass is 152 g/mol. The second-order valence-electron chi connectivity index (χ2n) is 2.29. The molecule has 0 spiro atoms. The van der Waals surface area contributed by atoms with E-state index in [0.29, 0.717) is 5.92 Å². The predicted octanol–water partition coefficient (Wildman–Crippen LogP) is 2.63. The fourth-order valence-electron chi connectivity index (χ4n) is 0.642. The minimum Gasteiger partial charge on any atom is -0.245 e. The predicted molar refractivity (Wildman–Crippen MR) is 47.5 cm³/mol. The highest BCUT2D eigenvalue weighted by Crippen LogP contribution is 2.07. The summed E-state index contributed by atoms with van der Waals surface area (Å²) in [5, 5.41) is 0. The van der Waals surface area contributed by atoms with Gasteiger partial charge in [0.05, 0.1) is 0 Å². The van der Waals surface area contributed by atoms with Crippen molar-refractivity contribution in [2.45, 2.75) is 33.6 Å². The van der Waals surface area contributed by atoms with Crippen molar-refractivity contribution in [3.8, 4) is 0 Å². The SMILES string of the molecule is CC.CC(C)c1ccncn1. The van der Waals surface area contributed by atoms with Crippen molar-refractivity contribution >= 4 is 0 Å². The molecule has 1 aromatic heterocycles. The summed E-state index contributed by atoms with van der Waals surface area (Å²) in [6, 6.07) is 1.94. The van der Waals surface area contributed by atoms with Gasteiger partial charge in [0.1, 0.15) is 6.33 Å². The Kier molecular flexibility index (Phi) is 5.35. The molecule has 0 aliphatic heterocycles. The highest BCUT2D eigenvalue weighted by atomic mass is 14.8. The van der Waals surface area contributed by atoms with E-state index in [1.165, 1.54) is 0 Å². The van der Waals surface area contributed by atoms with Crippen LogP contribution in [0.15, 0.2) is 18.6 Å². The molecule has 2 heteroatoms. The summed E-state index contributed by atoms with van der Waals surface area (Å²) >= 11 is 0. The van der Waals surface area contributed by atoms with Gasteiger partial charge in [-0.2, -0.15) is 0 Å². The summed E-state index contributed by atoms with van der Waals surface area (Å²) in [6.07, 6.45) is 3.34. The van der Waals surface area contributed by atoms with Crippen LogP contribution in [0.2, 0.25) is 0 Å². The van der Waals surface area contributed by atoms with Gasteiger partial charge in [-0.3, -0.25) is 0 Å². The van der Waals surface area contributed by atoms with Crippen LogP contribution < -0.4 is 0 Å². The Morgan fingerprint density at radius 1 is 1.27 bits per heavy atom. The molecule has 0 atom stereocenters. The summed E-state index contributed by atoms with van der Waals surface area (Å²) in [7, 11) is 0. The van der Waals surface area contributed by atoms with E-state index in [1.807, 2.05) is 19.9 Å². The number of hydrogen-bond donors (Lipinski definition) is 0. The maximum Gasteiger partial charge on any atom is 0.115 e. The average molecular weight is 152 g/mol. The molecule has 0 saturated carbocycles. The highest BCUT2D eigenvalue weighted by molar-refractivity contribution is 5.02. The summed E-state index contributed by atoms with van der Waals surface area (Å²) in [5.74, 6) is 0.507. The van der Waals surface area contributed by atoms with E-state index in [2.05, 4.69) is 23.8 Å². The minimum absolute atomic E-state index is 0.507. The van der Waals surface area contributed by atoms with Gasteiger partial charge in [-0.25, -0.2) is 9.97 Å². The van der Waals surface area contributed by atoms with Gasteiger partial charge in [0, 0.05) is 11.9 Å². The molecule has 0 aliphatic rings. The molecule has 0 saturated heterocycles. The Morgan fingerprint density at radius 3 is 2.18 bits per heavy atom. The zero-order valence-corrected chi connectivity index (χ0v) is 7.70. The Hall–Kier alpha value is -0.920. The van der Waals surface area contributed by atoms with Gasteiger partial charge in [0.15, 0.2) is 0 Å². The first-order valence-electron chi connectivity index (χ1n) is 4.06. The van der Waals surface area contributed by atoms with Crippen molar-refractivity contribution in [3.63, 3.8) is 0 Å². The first kappa shape index (κ1) is 10.1. The second kappa shape index (κ2) is 5.83. The van der Waals surface area contributed by atoms with E-state index in [0.717, 1.165) is 5.69 Å². The Labute approximate surface area is 68.7 Å². The van der Waals surface area contributed by atoms with Gasteiger partial charge in [-0.15, -0.1) is 0 Å². The van der Waals surface area contributed by atoms with E-state index in [9.17, 15) is 0 Å². The van der Waals surface area contributed by atoms with Crippen LogP contribution in [0.25, 0.3) is 0 Å². The first-order valence-corrected chi connectivity index (χ1v) is 4.06. The summed E-state index contributed by atoms with van der Waals surface area (Å²) in [6.45, 7) is 8.23. The maximum atomic E-state index is 4.07. The molecule has 11 heavy (non-hydrogen) atoms. The van der Waals surface area contributed by atoms with Crippen molar-refractivity contribution < 1.29 is 0 Å². The summed E-state index contributed by atoms with van der Waals surface area (Å²) in [5.41, 5.74) is 1.10. The molecule has 0 aromatic carbocycles. The lowest BCUT2D eigenvalue weighted by Crippen LogP contribution is -1.90. The maximum absolute atomic E-state index is 4.07. The molecule has 0 fully saturated rings. The molecular formula is C9H16N2. The summed E-state index contributed by atoms with van der Waals surface area (Å²) in [4.78, 5) is 7.88. The zero-order chi connectivity index (χ0) is 8.69. The number of nitrogens with zero attached hydrogens (tertiary/aromatic N) is 2. The lowest BCUT2D eigenvalue weighted by atomic mass is 10.1. The summed E-state index contributed by atoms with van der Waals surface area (Å²) < 4.78 is 0. The largest absolute Gasteiger partial charge is 0.245 e. The fraction of sp³-hybridized carbons (Fsp3) is 0.556. The first-order chi connectivity index (χ1) is 5.30. The lowest BCUT2D eigenvalue weighted by Gasteiger charge is -1.99. The van der Waals surface area contributed by atoms with Crippen molar-refractivity contribution in [1.82, 2.24) is 9.97 Å². The van der Waals surface area contributed by atoms with Crippen LogP contribution in [0, 0.1) is 0 Å². The van der Waals surface area contributed by atoms with E-state index in [1.54, 1.807) is 12.5 Å². The third-order valence-electron chi connectivity index (χ3n) is 1.20. The highest BCUT2D eigenvalue weighted by Gasteiger charge is 1.95. The topological polar surface area (TPSA) is 25.8 Å². The fourth-order valence-corrected chi connectivity index (χ4v) is 0.642. The molecular weight excluding hydrogens is 136 g/mol. The van der Waals surface area contributed by atoms with Crippen molar-refractivity contribution in [1.29, 1.82) is 0 Å². The standard InChI is InChI=1S/C7H10N2.C2H6/c1-6(2)7-3-4-8-5-9-7;1-2/h3-6H,1-2H3;1-2H3. The molecule has 0 unspecified atom stereocenters. The van der Waals surface area contributed by atoms with Crippen LogP contribution in [0.1, 0.15) is 39.3 Å². The van der Waals surface area contributed by atoms with Crippen molar-refractivity contribution in [2.24, 2.45) is 0 Å². The van der Waals surface area contributed by atoms with Gasteiger partial charge >= 0.3 is 0 Å². The van der Waals surface area contributed by atoms with Crippen LogP contribution in [-0.2, 0) is 0 Å². The Morgan fingerprint density at radius 2 is 1.91 bits per heavy atom. The molecule has 0 aliphatic carbocycles. The van der Waals surface area contributed by atoms with Crippen molar-refractivity contribution in [3.05, 3.63) is 24.3 Å². The Balaban J connectivity index is 0.000000461. The third kappa shape index (κ3) is 3.71. The molecule has 2 nitrogen and oxygen atoms in total. The molecule has 62 valence electrons. The minimum atomic E-state index is 0.507. The number of aromatic nitrogens is 2. The van der Waals surface area contributed by atoms with E-state index >= 15 is 0 Å². The number of hydrogen-bond acceptors (Lipinski definition) is 2. The molecule has 0 radical (unpaired) electrons. The van der Waals surface area contributed by atoms with Crippen molar-refractivity contribution in [2.75, 3.05) is 0 Å². The van der Waals surface area contributed by atoms with Crippen LogP contribution in [0.5, 0.6) is 0 Å². The van der Waals surface area contributed by atoms with Gasteiger partial charge in [0.25, 0.3) is 0 Å². The van der Waals surface area contributed by atoms with Crippen LogP contribution in [-0.4, -0.2) is 9.97 Å². The molecule has 0 N–H and O–H groups in total. The van der Waals surface area contributed by atoms with Crippen LogP contribution in [0.3, 0.4) is 0 Å². The number of rotatable bonds is 1. The van der Waals surface area contributed by atoms with Gasteiger partial charge in [0.2, 0.25) is 0 Å². The van der Waals surface area contributed by atoms with E-state index < -0.39 is 0 Å². The third-order valence-corrected chi connectivity index (χ3v) is 1.20. The van der Waals surface area contributed by atoms with E-state index in [-0.39, 0.29) is 0 Å². The molecule has 1 heterocycles. The molecule has 1 aromatic rings. The van der Waals surface area contributed by atoms with Crippen LogP contribution >= 0.6 is 0 Å². The normalized spacial score (nSPS) is 8.82. The van der Waals surface area contributed by atoms with Gasteiger partial charge < -0.3 is 0 Å². The van der Waals surface area contributed by atoms with Crippen LogP contribution in [0.4, 0.5) is 0 Å². The smallest absolute Gasteiger partial charge is 0.115 e. The average Bonchev–Trinajstić information content (AvgIpc) is 2.10. The molecule has 0 bridgehead atoms. The second-order valence-corrected chi connectivity index (χ2v) is 2.29.